The van der Waals surface area contributed by atoms with Crippen molar-refractivity contribution in [2.75, 3.05) is 12.9 Å². The van der Waals surface area contributed by atoms with Gasteiger partial charge in [0, 0.05) is 11.8 Å². The van der Waals surface area contributed by atoms with E-state index in [1.807, 2.05) is 0 Å². The Balaban J connectivity index is 2.84. The quantitative estimate of drug-likeness (QED) is 0.620. The minimum Gasteiger partial charge on any atom is -0.465 e. The van der Waals surface area contributed by atoms with E-state index in [0.717, 1.165) is 0 Å². The highest BCUT2D eigenvalue weighted by atomic mass is 32.2. The first-order valence-corrected chi connectivity index (χ1v) is 7.88. The Bertz CT molecular complexity index is 606. The van der Waals surface area contributed by atoms with Crippen molar-refractivity contribution in [1.82, 2.24) is 0 Å². The fourth-order valence-corrected chi connectivity index (χ4v) is 2.29. The molecule has 102 valence electrons. The molecule has 0 radical (unpaired) electrons. The SMILES string of the molecule is CCOC(=O)CC#Cc1ccccc1CS(C)(=O)=O. The predicted molar refractivity (Wildman–Crippen MR) is 73.1 cm³/mol. The fraction of sp³-hybridized carbons (Fsp3) is 0.357. The van der Waals surface area contributed by atoms with Crippen LogP contribution in [-0.4, -0.2) is 27.2 Å². The number of rotatable bonds is 4. The number of hydrogen-bond donors (Lipinski definition) is 0. The topological polar surface area (TPSA) is 60.4 Å². The van der Waals surface area contributed by atoms with Gasteiger partial charge in [0.25, 0.3) is 0 Å². The van der Waals surface area contributed by atoms with Gasteiger partial charge in [0.2, 0.25) is 0 Å². The molecule has 1 rings (SSSR count). The molecule has 0 spiro atoms. The molecular weight excluding hydrogens is 264 g/mol. The number of carbonyl (C=O) groups excluding carboxylic acids is 1. The van der Waals surface area contributed by atoms with Crippen LogP contribution in [0.2, 0.25) is 0 Å². The van der Waals surface area contributed by atoms with Crippen LogP contribution in [0.4, 0.5) is 0 Å². The highest BCUT2D eigenvalue weighted by Crippen LogP contribution is 2.10. The highest BCUT2D eigenvalue weighted by Gasteiger charge is 2.07. The second-order valence-corrected chi connectivity index (χ2v) is 6.15. The van der Waals surface area contributed by atoms with Gasteiger partial charge >= 0.3 is 5.97 Å². The van der Waals surface area contributed by atoms with Crippen molar-refractivity contribution in [2.45, 2.75) is 19.1 Å². The van der Waals surface area contributed by atoms with Crippen molar-refractivity contribution < 1.29 is 17.9 Å². The minimum atomic E-state index is -3.11. The molecule has 5 heteroatoms. The average Bonchev–Trinajstić information content (AvgIpc) is 2.30. The van der Waals surface area contributed by atoms with Crippen molar-refractivity contribution in [3.8, 4) is 11.8 Å². The summed E-state index contributed by atoms with van der Waals surface area (Å²) in [5.74, 6) is 5.07. The molecule has 0 heterocycles. The normalized spacial score (nSPS) is 10.4. The van der Waals surface area contributed by atoms with E-state index in [0.29, 0.717) is 17.7 Å². The molecule has 19 heavy (non-hydrogen) atoms. The summed E-state index contributed by atoms with van der Waals surface area (Å²) < 4.78 is 27.3. The van der Waals surface area contributed by atoms with Crippen LogP contribution in [0.5, 0.6) is 0 Å². The van der Waals surface area contributed by atoms with Crippen molar-refractivity contribution in [3.05, 3.63) is 35.4 Å². The standard InChI is InChI=1S/C14H16O4S/c1-3-18-14(15)10-6-9-12-7-4-5-8-13(12)11-19(2,16)17/h4-5,7-8H,3,10-11H2,1-2H3. The molecule has 4 nitrogen and oxygen atoms in total. The van der Waals surface area contributed by atoms with E-state index in [9.17, 15) is 13.2 Å². The first-order valence-electron chi connectivity index (χ1n) is 5.82. The lowest BCUT2D eigenvalue weighted by atomic mass is 10.1. The first kappa shape index (κ1) is 15.3. The second kappa shape index (κ2) is 6.95. The molecule has 0 unspecified atom stereocenters. The van der Waals surface area contributed by atoms with Crippen molar-refractivity contribution in [3.63, 3.8) is 0 Å². The van der Waals surface area contributed by atoms with E-state index in [1.54, 1.807) is 31.2 Å². The lowest BCUT2D eigenvalue weighted by molar-refractivity contribution is -0.141. The Morgan fingerprint density at radius 3 is 2.63 bits per heavy atom. The Labute approximate surface area is 113 Å². The van der Waals surface area contributed by atoms with Crippen LogP contribution >= 0.6 is 0 Å². The van der Waals surface area contributed by atoms with Crippen LogP contribution < -0.4 is 0 Å². The molecule has 0 fully saturated rings. The summed E-state index contributed by atoms with van der Waals surface area (Å²) in [5.41, 5.74) is 1.26. The molecular formula is C14H16O4S. The molecule has 0 amide bonds. The number of ether oxygens (including phenoxy) is 1. The van der Waals surface area contributed by atoms with E-state index in [4.69, 9.17) is 4.74 Å². The third kappa shape index (κ3) is 6.07. The monoisotopic (exact) mass is 280 g/mol. The zero-order valence-corrected chi connectivity index (χ0v) is 11.8. The summed E-state index contributed by atoms with van der Waals surface area (Å²) in [5, 5.41) is 0. The van der Waals surface area contributed by atoms with Gasteiger partial charge in [0.1, 0.15) is 6.42 Å². The molecule has 0 saturated heterocycles. The Morgan fingerprint density at radius 2 is 2.00 bits per heavy atom. The zero-order chi connectivity index (χ0) is 14.3. The Hall–Kier alpha value is -1.80. The van der Waals surface area contributed by atoms with Gasteiger partial charge in [-0.25, -0.2) is 8.42 Å². The van der Waals surface area contributed by atoms with Gasteiger partial charge < -0.3 is 4.74 Å². The maximum absolute atomic E-state index is 11.3. The van der Waals surface area contributed by atoms with Gasteiger partial charge in [-0.1, -0.05) is 30.0 Å². The van der Waals surface area contributed by atoms with Crippen molar-refractivity contribution in [2.24, 2.45) is 0 Å². The number of hydrogen-bond acceptors (Lipinski definition) is 4. The summed E-state index contributed by atoms with van der Waals surface area (Å²) >= 11 is 0. The van der Waals surface area contributed by atoms with E-state index in [2.05, 4.69) is 11.8 Å². The summed E-state index contributed by atoms with van der Waals surface area (Å²) in [7, 11) is -3.11. The molecule has 0 aromatic heterocycles. The van der Waals surface area contributed by atoms with Crippen LogP contribution in [0.25, 0.3) is 0 Å². The molecule has 0 atom stereocenters. The lowest BCUT2D eigenvalue weighted by Crippen LogP contribution is -2.03. The van der Waals surface area contributed by atoms with Crippen molar-refractivity contribution >= 4 is 15.8 Å². The van der Waals surface area contributed by atoms with E-state index in [1.165, 1.54) is 6.26 Å². The second-order valence-electron chi connectivity index (χ2n) is 4.01. The van der Waals surface area contributed by atoms with Crippen molar-refractivity contribution in [1.29, 1.82) is 0 Å². The molecule has 0 aliphatic carbocycles. The fourth-order valence-electron chi connectivity index (χ4n) is 1.47. The number of carbonyl (C=O) groups is 1. The largest absolute Gasteiger partial charge is 0.465 e. The number of sulfone groups is 1. The summed E-state index contributed by atoms with van der Waals surface area (Å²) in [6.45, 7) is 2.05. The first-order chi connectivity index (χ1) is 8.92. The van der Waals surface area contributed by atoms with E-state index in [-0.39, 0.29) is 18.1 Å². The maximum atomic E-state index is 11.3. The molecule has 0 saturated carbocycles. The van der Waals surface area contributed by atoms with Gasteiger partial charge in [-0.05, 0) is 18.6 Å². The lowest BCUT2D eigenvalue weighted by Gasteiger charge is -2.02. The van der Waals surface area contributed by atoms with Gasteiger partial charge in [0.05, 0.1) is 12.4 Å². The third-order valence-corrected chi connectivity index (χ3v) is 3.03. The summed E-state index contributed by atoms with van der Waals surface area (Å²) in [4.78, 5) is 11.1. The number of benzene rings is 1. The molecule has 0 aliphatic heterocycles. The molecule has 1 aromatic carbocycles. The van der Waals surface area contributed by atoms with E-state index < -0.39 is 9.84 Å². The molecule has 0 N–H and O–H groups in total. The van der Waals surface area contributed by atoms with Crippen LogP contribution in [0, 0.1) is 11.8 Å². The smallest absolute Gasteiger partial charge is 0.317 e. The summed E-state index contributed by atoms with van der Waals surface area (Å²) in [6, 6.07) is 6.99. The molecule has 0 aliphatic rings. The van der Waals surface area contributed by atoms with Crippen LogP contribution in [-0.2, 0) is 25.1 Å². The maximum Gasteiger partial charge on any atom is 0.317 e. The summed E-state index contributed by atoms with van der Waals surface area (Å²) in [6.07, 6.45) is 1.18. The molecule has 0 bridgehead atoms. The molecule has 1 aromatic rings. The van der Waals surface area contributed by atoms with Gasteiger partial charge in [-0.3, -0.25) is 4.79 Å². The van der Waals surface area contributed by atoms with Crippen LogP contribution in [0.3, 0.4) is 0 Å². The van der Waals surface area contributed by atoms with Gasteiger partial charge in [0.15, 0.2) is 9.84 Å². The van der Waals surface area contributed by atoms with Crippen LogP contribution in [0.1, 0.15) is 24.5 Å². The average molecular weight is 280 g/mol. The Kier molecular flexibility index (Phi) is 5.58. The highest BCUT2D eigenvalue weighted by molar-refractivity contribution is 7.89. The zero-order valence-electron chi connectivity index (χ0n) is 11.0. The van der Waals surface area contributed by atoms with Crippen LogP contribution in [0.15, 0.2) is 24.3 Å². The predicted octanol–water partition coefficient (Wildman–Crippen LogP) is 1.54. The van der Waals surface area contributed by atoms with E-state index >= 15 is 0 Å². The van der Waals surface area contributed by atoms with Gasteiger partial charge in [-0.15, -0.1) is 0 Å². The minimum absolute atomic E-state index is 0.00104. The Morgan fingerprint density at radius 1 is 1.32 bits per heavy atom. The number of esters is 1. The third-order valence-electron chi connectivity index (χ3n) is 2.20. The van der Waals surface area contributed by atoms with Gasteiger partial charge in [-0.2, -0.15) is 0 Å².